The van der Waals surface area contributed by atoms with Crippen molar-refractivity contribution in [2.45, 2.75) is 19.9 Å². The summed E-state index contributed by atoms with van der Waals surface area (Å²) >= 11 is 6.66. The van der Waals surface area contributed by atoms with E-state index in [0.717, 1.165) is 16.7 Å². The zero-order chi connectivity index (χ0) is 23.8. The number of nitrogens with one attached hydrogen (secondary N) is 2. The van der Waals surface area contributed by atoms with Gasteiger partial charge in [0.2, 0.25) is 11.9 Å². The van der Waals surface area contributed by atoms with Crippen molar-refractivity contribution in [2.75, 3.05) is 5.32 Å². The van der Waals surface area contributed by atoms with E-state index in [2.05, 4.69) is 30.2 Å². The van der Waals surface area contributed by atoms with Gasteiger partial charge >= 0.3 is 0 Å². The molecule has 2 N–H and O–H groups in total. The van der Waals surface area contributed by atoms with Gasteiger partial charge in [-0.15, -0.1) is 0 Å². The van der Waals surface area contributed by atoms with Crippen molar-refractivity contribution in [2.24, 2.45) is 0 Å². The van der Waals surface area contributed by atoms with Gasteiger partial charge in [-0.05, 0) is 53.3 Å². The highest BCUT2D eigenvalue weighted by atomic mass is 35.5. The molecule has 0 amide bonds. The lowest BCUT2D eigenvalue weighted by Gasteiger charge is -2.24. The molecule has 0 aliphatic carbocycles. The molecule has 1 unspecified atom stereocenters. The van der Waals surface area contributed by atoms with E-state index in [1.165, 1.54) is 18.5 Å². The lowest BCUT2D eigenvalue weighted by atomic mass is 9.85. The third kappa shape index (κ3) is 3.97. The van der Waals surface area contributed by atoms with Gasteiger partial charge < -0.3 is 10.3 Å². The van der Waals surface area contributed by atoms with Crippen LogP contribution in [-0.2, 0) is 0 Å². The number of hydrogen-bond acceptors (Lipinski definition) is 5. The largest absolute Gasteiger partial charge is 0.362 e. The monoisotopic (exact) mass is 476 g/mol. The summed E-state index contributed by atoms with van der Waals surface area (Å²) in [5.41, 5.74) is 5.43. The number of H-pyrrole nitrogens is 1. The topological polar surface area (TPSA) is 79.4 Å². The van der Waals surface area contributed by atoms with Crippen molar-refractivity contribution >= 4 is 28.6 Å². The molecule has 1 atom stereocenters. The Morgan fingerprint density at radius 2 is 1.68 bits per heavy atom. The van der Waals surface area contributed by atoms with E-state index in [4.69, 9.17) is 11.6 Å². The molecular formula is C25H19ClF2N6. The van der Waals surface area contributed by atoms with E-state index in [0.29, 0.717) is 38.7 Å². The predicted molar refractivity (Wildman–Crippen MR) is 128 cm³/mol. The van der Waals surface area contributed by atoms with Crippen LogP contribution >= 0.6 is 11.6 Å². The molecule has 9 heteroatoms. The number of pyridine rings is 1. The molecule has 0 aliphatic rings. The molecule has 0 aliphatic heterocycles. The Labute approximate surface area is 199 Å². The van der Waals surface area contributed by atoms with Crippen molar-refractivity contribution in [3.05, 3.63) is 89.2 Å². The van der Waals surface area contributed by atoms with E-state index >= 15 is 0 Å². The fourth-order valence-corrected chi connectivity index (χ4v) is 4.36. The van der Waals surface area contributed by atoms with Crippen molar-refractivity contribution in [1.29, 1.82) is 0 Å². The van der Waals surface area contributed by atoms with Crippen LogP contribution in [0.25, 0.3) is 33.4 Å². The first-order valence-corrected chi connectivity index (χ1v) is 10.9. The zero-order valence-corrected chi connectivity index (χ0v) is 19.0. The molecular weight excluding hydrogens is 458 g/mol. The first kappa shape index (κ1) is 21.9. The summed E-state index contributed by atoms with van der Waals surface area (Å²) in [7, 11) is 0. The van der Waals surface area contributed by atoms with Gasteiger partial charge in [0.05, 0.1) is 12.4 Å². The fourth-order valence-electron chi connectivity index (χ4n) is 4.15. The summed E-state index contributed by atoms with van der Waals surface area (Å²) in [6.45, 7) is 3.80. The Morgan fingerprint density at radius 3 is 2.41 bits per heavy atom. The van der Waals surface area contributed by atoms with Crippen LogP contribution in [-0.4, -0.2) is 24.9 Å². The molecule has 0 bridgehead atoms. The summed E-state index contributed by atoms with van der Waals surface area (Å²) in [4.78, 5) is 19.0. The number of nitrogens with zero attached hydrogens (tertiary/aromatic N) is 4. The second-order valence-electron chi connectivity index (χ2n) is 7.88. The van der Waals surface area contributed by atoms with Crippen LogP contribution in [0.15, 0.2) is 61.2 Å². The van der Waals surface area contributed by atoms with Gasteiger partial charge in [0.1, 0.15) is 11.8 Å². The van der Waals surface area contributed by atoms with Crippen molar-refractivity contribution in [3.8, 4) is 22.3 Å². The van der Waals surface area contributed by atoms with Gasteiger partial charge in [0.15, 0.2) is 11.5 Å². The lowest BCUT2D eigenvalue weighted by molar-refractivity contribution is 0.513. The van der Waals surface area contributed by atoms with Gasteiger partial charge in [-0.2, -0.15) is 13.8 Å². The molecule has 34 heavy (non-hydrogen) atoms. The van der Waals surface area contributed by atoms with Gasteiger partial charge in [-0.1, -0.05) is 41.9 Å². The van der Waals surface area contributed by atoms with Crippen LogP contribution in [0.5, 0.6) is 0 Å². The van der Waals surface area contributed by atoms with Crippen LogP contribution in [0.4, 0.5) is 14.6 Å². The number of rotatable bonds is 5. The van der Waals surface area contributed by atoms with Crippen molar-refractivity contribution in [1.82, 2.24) is 24.9 Å². The Balaban J connectivity index is 1.74. The van der Waals surface area contributed by atoms with Crippen LogP contribution in [0, 0.1) is 18.8 Å². The summed E-state index contributed by atoms with van der Waals surface area (Å²) in [5, 5.41) is 3.87. The average Bonchev–Trinajstić information content (AvgIpc) is 3.30. The normalized spacial score (nSPS) is 12.1. The van der Waals surface area contributed by atoms with Crippen LogP contribution in [0.3, 0.4) is 0 Å². The first-order valence-electron chi connectivity index (χ1n) is 10.5. The minimum Gasteiger partial charge on any atom is -0.362 e. The third-order valence-corrected chi connectivity index (χ3v) is 6.10. The number of benzene rings is 2. The second kappa shape index (κ2) is 8.79. The molecule has 0 spiro atoms. The van der Waals surface area contributed by atoms with E-state index < -0.39 is 11.9 Å². The van der Waals surface area contributed by atoms with E-state index in [9.17, 15) is 8.78 Å². The number of aromatic nitrogens is 5. The van der Waals surface area contributed by atoms with Gasteiger partial charge in [0, 0.05) is 17.2 Å². The molecule has 0 fully saturated rings. The highest BCUT2D eigenvalue weighted by Crippen LogP contribution is 2.43. The molecule has 0 radical (unpaired) electrons. The average molecular weight is 477 g/mol. The highest BCUT2D eigenvalue weighted by Gasteiger charge is 2.23. The maximum Gasteiger partial charge on any atom is 0.216 e. The quantitative estimate of drug-likeness (QED) is 0.283. The maximum atomic E-state index is 14.1. The van der Waals surface area contributed by atoms with Crippen molar-refractivity contribution in [3.63, 3.8) is 0 Å². The van der Waals surface area contributed by atoms with Crippen LogP contribution in [0.1, 0.15) is 24.1 Å². The molecule has 0 saturated carbocycles. The zero-order valence-electron chi connectivity index (χ0n) is 18.3. The molecule has 170 valence electrons. The van der Waals surface area contributed by atoms with Gasteiger partial charge in [-0.25, -0.2) is 15.0 Å². The van der Waals surface area contributed by atoms with Crippen LogP contribution < -0.4 is 5.32 Å². The molecule has 3 heterocycles. The van der Waals surface area contributed by atoms with Crippen LogP contribution in [0.2, 0.25) is 5.02 Å². The summed E-state index contributed by atoms with van der Waals surface area (Å²) in [6, 6.07) is 13.7. The third-order valence-electron chi connectivity index (χ3n) is 5.71. The SMILES string of the molecule is Cc1c(Cl)cc(C(C)Nc2ncnc3[nH]cnc23)c(-c2ccccc2)c1-c1cc(F)nc(F)c1. The Hall–Kier alpha value is -3.91. The highest BCUT2D eigenvalue weighted by molar-refractivity contribution is 6.32. The maximum absolute atomic E-state index is 14.1. The number of imidazole rings is 1. The van der Waals surface area contributed by atoms with E-state index in [1.807, 2.05) is 50.2 Å². The molecule has 2 aromatic carbocycles. The van der Waals surface area contributed by atoms with Gasteiger partial charge in [-0.3, -0.25) is 0 Å². The Bertz CT molecular complexity index is 1480. The second-order valence-corrected chi connectivity index (χ2v) is 8.29. The molecule has 5 aromatic rings. The number of anilines is 1. The number of hydrogen-bond donors (Lipinski definition) is 2. The lowest BCUT2D eigenvalue weighted by Crippen LogP contribution is -2.11. The standard InChI is InChI=1S/C25H19ClF2N6/c1-13-18(26)10-17(14(2)33-25-23-24(30-11-29-23)31-12-32-25)22(15-6-4-3-5-7-15)21(13)16-8-19(27)34-20(28)9-16/h3-12,14H,1-2H3,(H2,29,30,31,32,33). The number of halogens is 3. The summed E-state index contributed by atoms with van der Waals surface area (Å²) in [6.07, 6.45) is 3.00. The molecule has 0 saturated heterocycles. The minimum absolute atomic E-state index is 0.293. The minimum atomic E-state index is -0.900. The Morgan fingerprint density at radius 1 is 0.941 bits per heavy atom. The van der Waals surface area contributed by atoms with E-state index in [1.54, 1.807) is 6.33 Å². The van der Waals surface area contributed by atoms with E-state index in [-0.39, 0.29) is 6.04 Å². The fraction of sp³-hybridized carbons (Fsp3) is 0.120. The summed E-state index contributed by atoms with van der Waals surface area (Å²) in [5.74, 6) is -1.25. The van der Waals surface area contributed by atoms with Crippen molar-refractivity contribution < 1.29 is 8.78 Å². The Kier molecular flexibility index (Phi) is 5.67. The number of aromatic amines is 1. The molecule has 3 aromatic heterocycles. The molecule has 6 nitrogen and oxygen atoms in total. The van der Waals surface area contributed by atoms with Gasteiger partial charge in [0.25, 0.3) is 0 Å². The number of fused-ring (bicyclic) bond motifs is 1. The predicted octanol–water partition coefficient (Wildman–Crippen LogP) is 6.50. The first-order chi connectivity index (χ1) is 16.4. The summed E-state index contributed by atoms with van der Waals surface area (Å²) < 4.78 is 28.2. The smallest absolute Gasteiger partial charge is 0.216 e. The molecule has 5 rings (SSSR count).